The standard InChI is InChI=1S/C12H15NO2/c1-9-5-7-10(8-6-9)3-2-4-11(13)12(14)15/h2-3,5-8,11H,4,13H2,1H3,(H,14,15)/b3-2+. The molecule has 0 spiro atoms. The zero-order valence-corrected chi connectivity index (χ0v) is 8.68. The van der Waals surface area contributed by atoms with Crippen LogP contribution in [0.3, 0.4) is 0 Å². The van der Waals surface area contributed by atoms with Crippen molar-refractivity contribution in [2.24, 2.45) is 5.73 Å². The van der Waals surface area contributed by atoms with E-state index in [1.54, 1.807) is 6.08 Å². The van der Waals surface area contributed by atoms with Crippen molar-refractivity contribution in [3.8, 4) is 0 Å². The van der Waals surface area contributed by atoms with E-state index < -0.39 is 12.0 Å². The molecule has 3 heteroatoms. The zero-order chi connectivity index (χ0) is 11.3. The molecule has 0 radical (unpaired) electrons. The third-order valence-electron chi connectivity index (χ3n) is 2.09. The fraction of sp³-hybridized carbons (Fsp3) is 0.250. The van der Waals surface area contributed by atoms with Crippen molar-refractivity contribution in [1.29, 1.82) is 0 Å². The van der Waals surface area contributed by atoms with E-state index in [-0.39, 0.29) is 0 Å². The first kappa shape index (κ1) is 11.5. The molecular formula is C12H15NO2. The molecule has 0 saturated heterocycles. The van der Waals surface area contributed by atoms with Crippen LogP contribution in [-0.4, -0.2) is 17.1 Å². The van der Waals surface area contributed by atoms with Gasteiger partial charge in [-0.3, -0.25) is 4.79 Å². The van der Waals surface area contributed by atoms with E-state index in [0.29, 0.717) is 6.42 Å². The van der Waals surface area contributed by atoms with Gasteiger partial charge in [-0.15, -0.1) is 0 Å². The van der Waals surface area contributed by atoms with Crippen LogP contribution < -0.4 is 5.73 Å². The molecule has 0 saturated carbocycles. The number of carboxylic acid groups (broad SMARTS) is 1. The Balaban J connectivity index is 2.51. The minimum Gasteiger partial charge on any atom is -0.480 e. The number of benzene rings is 1. The average molecular weight is 205 g/mol. The SMILES string of the molecule is Cc1ccc(/C=C/CC(N)C(=O)O)cc1. The Morgan fingerprint density at radius 3 is 2.60 bits per heavy atom. The van der Waals surface area contributed by atoms with E-state index in [4.69, 9.17) is 10.8 Å². The van der Waals surface area contributed by atoms with Crippen LogP contribution in [0.2, 0.25) is 0 Å². The Bertz CT molecular complexity index is 354. The molecule has 1 rings (SSSR count). The van der Waals surface area contributed by atoms with Crippen molar-refractivity contribution in [2.45, 2.75) is 19.4 Å². The minimum atomic E-state index is -0.969. The van der Waals surface area contributed by atoms with Gasteiger partial charge < -0.3 is 10.8 Å². The lowest BCUT2D eigenvalue weighted by atomic mass is 10.1. The molecule has 0 aliphatic heterocycles. The Kier molecular flexibility index (Phi) is 4.06. The van der Waals surface area contributed by atoms with Crippen molar-refractivity contribution >= 4 is 12.0 Å². The second-order valence-electron chi connectivity index (χ2n) is 3.49. The number of carbonyl (C=O) groups is 1. The van der Waals surface area contributed by atoms with E-state index >= 15 is 0 Å². The maximum Gasteiger partial charge on any atom is 0.320 e. The van der Waals surface area contributed by atoms with Crippen LogP contribution >= 0.6 is 0 Å². The number of aryl methyl sites for hydroxylation is 1. The van der Waals surface area contributed by atoms with Gasteiger partial charge in [0.25, 0.3) is 0 Å². The molecule has 0 fully saturated rings. The van der Waals surface area contributed by atoms with Gasteiger partial charge in [-0.25, -0.2) is 0 Å². The number of rotatable bonds is 4. The molecule has 3 nitrogen and oxygen atoms in total. The van der Waals surface area contributed by atoms with Crippen LogP contribution in [0.15, 0.2) is 30.3 Å². The van der Waals surface area contributed by atoms with Gasteiger partial charge >= 0.3 is 5.97 Å². The second kappa shape index (κ2) is 5.32. The highest BCUT2D eigenvalue weighted by Crippen LogP contribution is 2.05. The molecule has 1 atom stereocenters. The Hall–Kier alpha value is -1.61. The smallest absolute Gasteiger partial charge is 0.320 e. The predicted octanol–water partition coefficient (Wildman–Crippen LogP) is 1.81. The highest BCUT2D eigenvalue weighted by molar-refractivity contribution is 5.73. The normalized spacial score (nSPS) is 12.9. The third-order valence-corrected chi connectivity index (χ3v) is 2.09. The fourth-order valence-electron chi connectivity index (χ4n) is 1.13. The highest BCUT2D eigenvalue weighted by atomic mass is 16.4. The predicted molar refractivity (Wildman–Crippen MR) is 60.4 cm³/mol. The number of aliphatic carboxylic acids is 1. The maximum absolute atomic E-state index is 10.4. The highest BCUT2D eigenvalue weighted by Gasteiger charge is 2.07. The van der Waals surface area contributed by atoms with Crippen molar-refractivity contribution in [3.05, 3.63) is 41.5 Å². The molecule has 15 heavy (non-hydrogen) atoms. The van der Waals surface area contributed by atoms with Crippen LogP contribution in [0, 0.1) is 6.92 Å². The summed E-state index contributed by atoms with van der Waals surface area (Å²) in [6, 6.07) is 7.18. The molecule has 1 aromatic carbocycles. The lowest BCUT2D eigenvalue weighted by Gasteiger charge is -2.00. The quantitative estimate of drug-likeness (QED) is 0.788. The Morgan fingerprint density at radius 2 is 2.07 bits per heavy atom. The first-order valence-corrected chi connectivity index (χ1v) is 4.81. The summed E-state index contributed by atoms with van der Waals surface area (Å²) >= 11 is 0. The Morgan fingerprint density at radius 1 is 1.47 bits per heavy atom. The van der Waals surface area contributed by atoms with Gasteiger partial charge in [0, 0.05) is 0 Å². The summed E-state index contributed by atoms with van der Waals surface area (Å²) in [4.78, 5) is 10.4. The second-order valence-corrected chi connectivity index (χ2v) is 3.49. The van der Waals surface area contributed by atoms with Gasteiger partial charge in [0.1, 0.15) is 6.04 Å². The summed E-state index contributed by atoms with van der Waals surface area (Å²) in [6.07, 6.45) is 4.01. The largest absolute Gasteiger partial charge is 0.480 e. The van der Waals surface area contributed by atoms with E-state index in [1.165, 1.54) is 5.56 Å². The van der Waals surface area contributed by atoms with Crippen molar-refractivity contribution in [2.75, 3.05) is 0 Å². The molecule has 1 unspecified atom stereocenters. The number of hydrogen-bond donors (Lipinski definition) is 2. The molecule has 0 aliphatic carbocycles. The van der Waals surface area contributed by atoms with E-state index in [1.807, 2.05) is 37.3 Å². The van der Waals surface area contributed by atoms with E-state index in [9.17, 15) is 4.79 Å². The maximum atomic E-state index is 10.4. The third kappa shape index (κ3) is 3.95. The molecule has 0 amide bonds. The number of nitrogens with two attached hydrogens (primary N) is 1. The van der Waals surface area contributed by atoms with Gasteiger partial charge in [-0.1, -0.05) is 42.0 Å². The zero-order valence-electron chi connectivity index (χ0n) is 8.68. The van der Waals surface area contributed by atoms with Gasteiger partial charge in [0.15, 0.2) is 0 Å². The van der Waals surface area contributed by atoms with Gasteiger partial charge in [0.2, 0.25) is 0 Å². The molecule has 80 valence electrons. The van der Waals surface area contributed by atoms with Crippen LogP contribution in [0.25, 0.3) is 6.08 Å². The molecule has 0 aliphatic rings. The molecule has 0 heterocycles. The summed E-state index contributed by atoms with van der Waals surface area (Å²) in [6.45, 7) is 2.02. The summed E-state index contributed by atoms with van der Waals surface area (Å²) in [5, 5.41) is 8.56. The Labute approximate surface area is 89.2 Å². The van der Waals surface area contributed by atoms with Crippen molar-refractivity contribution < 1.29 is 9.90 Å². The first-order valence-electron chi connectivity index (χ1n) is 4.81. The average Bonchev–Trinajstić information content (AvgIpc) is 2.20. The summed E-state index contributed by atoms with van der Waals surface area (Å²) in [5.41, 5.74) is 7.61. The van der Waals surface area contributed by atoms with Crippen LogP contribution in [0.1, 0.15) is 17.5 Å². The molecule has 0 aromatic heterocycles. The van der Waals surface area contributed by atoms with Gasteiger partial charge in [-0.05, 0) is 18.9 Å². The molecule has 3 N–H and O–H groups in total. The van der Waals surface area contributed by atoms with Crippen LogP contribution in [0.4, 0.5) is 0 Å². The summed E-state index contributed by atoms with van der Waals surface area (Å²) < 4.78 is 0. The molecular weight excluding hydrogens is 190 g/mol. The number of hydrogen-bond acceptors (Lipinski definition) is 2. The summed E-state index contributed by atoms with van der Waals surface area (Å²) in [7, 11) is 0. The van der Waals surface area contributed by atoms with Gasteiger partial charge in [-0.2, -0.15) is 0 Å². The van der Waals surface area contributed by atoms with Crippen molar-refractivity contribution in [3.63, 3.8) is 0 Å². The number of carboxylic acids is 1. The lowest BCUT2D eigenvalue weighted by molar-refractivity contribution is -0.138. The lowest BCUT2D eigenvalue weighted by Crippen LogP contribution is -2.29. The van der Waals surface area contributed by atoms with Crippen LogP contribution in [-0.2, 0) is 4.79 Å². The minimum absolute atomic E-state index is 0.350. The van der Waals surface area contributed by atoms with E-state index in [0.717, 1.165) is 5.56 Å². The van der Waals surface area contributed by atoms with Crippen LogP contribution in [0.5, 0.6) is 0 Å². The summed E-state index contributed by atoms with van der Waals surface area (Å²) in [5.74, 6) is -0.969. The fourth-order valence-corrected chi connectivity index (χ4v) is 1.13. The first-order chi connectivity index (χ1) is 7.09. The van der Waals surface area contributed by atoms with E-state index in [2.05, 4.69) is 0 Å². The molecule has 0 bridgehead atoms. The molecule has 1 aromatic rings. The van der Waals surface area contributed by atoms with Crippen molar-refractivity contribution in [1.82, 2.24) is 0 Å². The van der Waals surface area contributed by atoms with Gasteiger partial charge in [0.05, 0.1) is 0 Å². The monoisotopic (exact) mass is 205 g/mol. The topological polar surface area (TPSA) is 63.3 Å².